The molecule has 126 valence electrons. The zero-order valence-corrected chi connectivity index (χ0v) is 14.5. The molecule has 0 radical (unpaired) electrons. The highest BCUT2D eigenvalue weighted by Crippen LogP contribution is 2.20. The molecular formula is C19H17N3O2S. The van der Waals surface area contributed by atoms with E-state index in [0.29, 0.717) is 16.5 Å². The van der Waals surface area contributed by atoms with Crippen molar-refractivity contribution in [1.82, 2.24) is 10.2 Å². The number of methoxy groups -OCH3 is 1. The summed E-state index contributed by atoms with van der Waals surface area (Å²) in [5.74, 6) is 0.858. The fraction of sp³-hybridized carbons (Fsp3) is 0.105. The number of ether oxygens (including phenoxy) is 1. The standard InChI is InChI=1S/C19H17N3O2S/c1-24-16-9-5-8-15(12-16)20-18(23)13-25-19-11-10-17(21-22-19)14-6-3-2-4-7-14/h2-12H,13H2,1H3,(H,20,23). The summed E-state index contributed by atoms with van der Waals surface area (Å²) in [5, 5.41) is 11.9. The van der Waals surface area contributed by atoms with Crippen LogP contribution in [0.2, 0.25) is 0 Å². The second-order valence-electron chi connectivity index (χ2n) is 5.19. The lowest BCUT2D eigenvalue weighted by molar-refractivity contribution is -0.113. The summed E-state index contributed by atoms with van der Waals surface area (Å²) < 4.78 is 5.14. The lowest BCUT2D eigenvalue weighted by atomic mass is 10.1. The van der Waals surface area contributed by atoms with Gasteiger partial charge in [0.25, 0.3) is 0 Å². The topological polar surface area (TPSA) is 64.1 Å². The van der Waals surface area contributed by atoms with Crippen LogP contribution < -0.4 is 10.1 Å². The van der Waals surface area contributed by atoms with E-state index in [1.807, 2.05) is 60.7 Å². The third-order valence-corrected chi connectivity index (χ3v) is 4.33. The van der Waals surface area contributed by atoms with E-state index in [1.54, 1.807) is 13.2 Å². The average molecular weight is 351 g/mol. The molecule has 3 rings (SSSR count). The van der Waals surface area contributed by atoms with Gasteiger partial charge in [0.05, 0.1) is 18.6 Å². The van der Waals surface area contributed by atoms with Crippen molar-refractivity contribution in [1.29, 1.82) is 0 Å². The smallest absolute Gasteiger partial charge is 0.234 e. The zero-order valence-electron chi connectivity index (χ0n) is 13.7. The van der Waals surface area contributed by atoms with Crippen molar-refractivity contribution < 1.29 is 9.53 Å². The van der Waals surface area contributed by atoms with Gasteiger partial charge in [0, 0.05) is 17.3 Å². The summed E-state index contributed by atoms with van der Waals surface area (Å²) in [6.07, 6.45) is 0. The lowest BCUT2D eigenvalue weighted by Gasteiger charge is -2.07. The highest BCUT2D eigenvalue weighted by molar-refractivity contribution is 7.99. The summed E-state index contributed by atoms with van der Waals surface area (Å²) in [6, 6.07) is 20.9. The van der Waals surface area contributed by atoms with Gasteiger partial charge < -0.3 is 10.1 Å². The van der Waals surface area contributed by atoms with E-state index in [9.17, 15) is 4.79 Å². The average Bonchev–Trinajstić information content (AvgIpc) is 2.67. The molecule has 25 heavy (non-hydrogen) atoms. The lowest BCUT2D eigenvalue weighted by Crippen LogP contribution is -2.14. The van der Waals surface area contributed by atoms with E-state index in [0.717, 1.165) is 11.3 Å². The van der Waals surface area contributed by atoms with Crippen LogP contribution >= 0.6 is 11.8 Å². The van der Waals surface area contributed by atoms with Crippen LogP contribution in [0.15, 0.2) is 71.8 Å². The Bertz CT molecular complexity index is 839. The Morgan fingerprint density at radius 3 is 2.60 bits per heavy atom. The van der Waals surface area contributed by atoms with Gasteiger partial charge in [0.15, 0.2) is 0 Å². The molecule has 0 unspecified atom stereocenters. The van der Waals surface area contributed by atoms with Crippen LogP contribution in [0.5, 0.6) is 5.75 Å². The molecule has 6 heteroatoms. The van der Waals surface area contributed by atoms with Crippen molar-refractivity contribution in [3.63, 3.8) is 0 Å². The van der Waals surface area contributed by atoms with Gasteiger partial charge in [-0.25, -0.2) is 0 Å². The van der Waals surface area contributed by atoms with Gasteiger partial charge in [-0.1, -0.05) is 48.2 Å². The van der Waals surface area contributed by atoms with E-state index >= 15 is 0 Å². The molecule has 0 saturated carbocycles. The summed E-state index contributed by atoms with van der Waals surface area (Å²) in [5.41, 5.74) is 2.53. The van der Waals surface area contributed by atoms with Crippen LogP contribution in [0.3, 0.4) is 0 Å². The minimum atomic E-state index is -0.104. The van der Waals surface area contributed by atoms with Crippen LogP contribution in [0, 0.1) is 0 Å². The Morgan fingerprint density at radius 2 is 1.88 bits per heavy atom. The molecule has 1 amide bonds. The van der Waals surface area contributed by atoms with Gasteiger partial charge in [0.2, 0.25) is 5.91 Å². The highest BCUT2D eigenvalue weighted by atomic mass is 32.2. The third kappa shape index (κ3) is 4.81. The minimum Gasteiger partial charge on any atom is -0.497 e. The number of hydrogen-bond acceptors (Lipinski definition) is 5. The molecule has 5 nitrogen and oxygen atoms in total. The number of nitrogens with one attached hydrogen (secondary N) is 1. The quantitative estimate of drug-likeness (QED) is 0.683. The molecule has 0 saturated heterocycles. The van der Waals surface area contributed by atoms with Crippen LogP contribution in [-0.4, -0.2) is 29.0 Å². The zero-order chi connectivity index (χ0) is 17.5. The van der Waals surface area contributed by atoms with Crippen LogP contribution in [0.25, 0.3) is 11.3 Å². The first kappa shape index (κ1) is 17.0. The Kier molecular flexibility index (Phi) is 5.64. The Labute approximate surface area is 150 Å². The summed E-state index contributed by atoms with van der Waals surface area (Å²) in [6.45, 7) is 0. The maximum absolute atomic E-state index is 12.1. The highest BCUT2D eigenvalue weighted by Gasteiger charge is 2.06. The Balaban J connectivity index is 1.55. The number of carbonyl (C=O) groups excluding carboxylic acids is 1. The van der Waals surface area contributed by atoms with Crippen LogP contribution in [-0.2, 0) is 4.79 Å². The molecule has 0 aliphatic heterocycles. The van der Waals surface area contributed by atoms with Crippen molar-refractivity contribution in [2.45, 2.75) is 5.03 Å². The normalized spacial score (nSPS) is 10.3. The van der Waals surface area contributed by atoms with E-state index < -0.39 is 0 Å². The fourth-order valence-electron chi connectivity index (χ4n) is 2.20. The van der Waals surface area contributed by atoms with Crippen molar-refractivity contribution in [2.75, 3.05) is 18.2 Å². The minimum absolute atomic E-state index is 0.104. The van der Waals surface area contributed by atoms with Gasteiger partial charge in [-0.05, 0) is 24.3 Å². The number of anilines is 1. The molecule has 0 aliphatic carbocycles. The largest absolute Gasteiger partial charge is 0.497 e. The maximum atomic E-state index is 12.1. The second-order valence-corrected chi connectivity index (χ2v) is 6.19. The number of thioether (sulfide) groups is 1. The van der Waals surface area contributed by atoms with E-state index in [1.165, 1.54) is 11.8 Å². The molecule has 0 aliphatic rings. The van der Waals surface area contributed by atoms with Crippen molar-refractivity contribution in [2.24, 2.45) is 0 Å². The van der Waals surface area contributed by atoms with Crippen molar-refractivity contribution >= 4 is 23.4 Å². The number of carbonyl (C=O) groups is 1. The van der Waals surface area contributed by atoms with E-state index in [-0.39, 0.29) is 11.7 Å². The molecule has 0 bridgehead atoms. The summed E-state index contributed by atoms with van der Waals surface area (Å²) >= 11 is 1.34. The molecule has 1 aromatic heterocycles. The number of aromatic nitrogens is 2. The van der Waals surface area contributed by atoms with Gasteiger partial charge >= 0.3 is 0 Å². The predicted octanol–water partition coefficient (Wildman–Crippen LogP) is 3.88. The maximum Gasteiger partial charge on any atom is 0.234 e. The molecule has 3 aromatic rings. The van der Waals surface area contributed by atoms with Gasteiger partial charge in [-0.3, -0.25) is 4.79 Å². The molecule has 2 aromatic carbocycles. The molecule has 1 heterocycles. The number of rotatable bonds is 6. The molecule has 0 atom stereocenters. The van der Waals surface area contributed by atoms with E-state index in [2.05, 4.69) is 15.5 Å². The Morgan fingerprint density at radius 1 is 1.04 bits per heavy atom. The predicted molar refractivity (Wildman–Crippen MR) is 99.8 cm³/mol. The van der Waals surface area contributed by atoms with Crippen LogP contribution in [0.4, 0.5) is 5.69 Å². The molecule has 0 spiro atoms. The number of benzene rings is 2. The molecular weight excluding hydrogens is 334 g/mol. The fourth-order valence-corrected chi connectivity index (χ4v) is 2.81. The van der Waals surface area contributed by atoms with Gasteiger partial charge in [0.1, 0.15) is 10.8 Å². The first-order valence-electron chi connectivity index (χ1n) is 7.70. The van der Waals surface area contributed by atoms with Gasteiger partial charge in [-0.2, -0.15) is 0 Å². The number of amides is 1. The first-order valence-corrected chi connectivity index (χ1v) is 8.69. The third-order valence-electron chi connectivity index (χ3n) is 3.41. The van der Waals surface area contributed by atoms with Crippen LogP contribution in [0.1, 0.15) is 0 Å². The van der Waals surface area contributed by atoms with Gasteiger partial charge in [-0.15, -0.1) is 10.2 Å². The van der Waals surface area contributed by atoms with E-state index in [4.69, 9.17) is 4.74 Å². The number of hydrogen-bond donors (Lipinski definition) is 1. The summed E-state index contributed by atoms with van der Waals surface area (Å²) in [7, 11) is 1.59. The summed E-state index contributed by atoms with van der Waals surface area (Å²) in [4.78, 5) is 12.1. The second kappa shape index (κ2) is 8.30. The van der Waals surface area contributed by atoms with Crippen molar-refractivity contribution in [3.05, 3.63) is 66.7 Å². The first-order chi connectivity index (χ1) is 12.2. The Hall–Kier alpha value is -2.86. The van der Waals surface area contributed by atoms with Crippen molar-refractivity contribution in [3.8, 4) is 17.0 Å². The molecule has 0 fully saturated rings. The number of nitrogens with zero attached hydrogens (tertiary/aromatic N) is 2. The SMILES string of the molecule is COc1cccc(NC(=O)CSc2ccc(-c3ccccc3)nn2)c1. The monoisotopic (exact) mass is 351 g/mol. The molecule has 1 N–H and O–H groups in total.